The number of carboxylic acid groups (broad SMARTS) is 1. The molecular weight excluding hydrogens is 342 g/mol. The van der Waals surface area contributed by atoms with Crippen molar-refractivity contribution in [1.29, 1.82) is 0 Å². The number of aromatic nitrogens is 2. The first-order valence-electron chi connectivity index (χ1n) is 8.91. The molecule has 0 spiro atoms. The van der Waals surface area contributed by atoms with Gasteiger partial charge >= 0.3 is 5.97 Å². The molecule has 138 valence electrons. The van der Waals surface area contributed by atoms with Gasteiger partial charge in [-0.25, -0.2) is 0 Å². The summed E-state index contributed by atoms with van der Waals surface area (Å²) in [5.74, 6) is -0.360. The fourth-order valence-electron chi connectivity index (χ4n) is 3.40. The Morgan fingerprint density at radius 1 is 1.20 bits per heavy atom. The number of nitrogens with zero attached hydrogens (tertiary/aromatic N) is 3. The Balaban J connectivity index is 1.45. The van der Waals surface area contributed by atoms with Crippen LogP contribution in [0.4, 0.5) is 5.13 Å². The van der Waals surface area contributed by atoms with Gasteiger partial charge in [-0.2, -0.15) is 0 Å². The Bertz CT molecular complexity index is 594. The van der Waals surface area contributed by atoms with Crippen molar-refractivity contribution in [2.75, 3.05) is 38.0 Å². The topological polar surface area (TPSA) is 107 Å². The van der Waals surface area contributed by atoms with Crippen LogP contribution in [-0.2, 0) is 9.59 Å². The standard InChI is InChI=1S/C16H25N5O3S/c22-13(23)5-10-21-8-3-11(4-9-21)14(24)18-16-20-19-15(25-16)12-1-6-17-7-2-12/h11-12,17H,1-10H2,(H,22,23)(H,18,20,24). The summed E-state index contributed by atoms with van der Waals surface area (Å²) in [6.07, 6.45) is 3.80. The fraction of sp³-hybridized carbons (Fsp3) is 0.750. The third kappa shape index (κ3) is 5.20. The van der Waals surface area contributed by atoms with Crippen LogP contribution in [0.15, 0.2) is 0 Å². The van der Waals surface area contributed by atoms with Crippen molar-refractivity contribution in [1.82, 2.24) is 20.4 Å². The van der Waals surface area contributed by atoms with Gasteiger partial charge in [0, 0.05) is 18.4 Å². The zero-order valence-corrected chi connectivity index (χ0v) is 15.1. The summed E-state index contributed by atoms with van der Waals surface area (Å²) in [6.45, 7) is 4.10. The molecule has 25 heavy (non-hydrogen) atoms. The highest BCUT2D eigenvalue weighted by molar-refractivity contribution is 7.15. The molecule has 9 heteroatoms. The number of carbonyl (C=O) groups excluding carboxylic acids is 1. The molecule has 8 nitrogen and oxygen atoms in total. The van der Waals surface area contributed by atoms with E-state index in [1.54, 1.807) is 0 Å². The predicted octanol–water partition coefficient (Wildman–Crippen LogP) is 1.13. The van der Waals surface area contributed by atoms with Crippen LogP contribution < -0.4 is 10.6 Å². The van der Waals surface area contributed by atoms with Gasteiger partial charge in [0.1, 0.15) is 5.01 Å². The number of piperidine rings is 2. The molecule has 3 heterocycles. The number of aliphatic carboxylic acids is 1. The molecule has 1 aromatic rings. The number of hydrogen-bond donors (Lipinski definition) is 3. The van der Waals surface area contributed by atoms with Crippen molar-refractivity contribution in [3.05, 3.63) is 5.01 Å². The molecular formula is C16H25N5O3S. The van der Waals surface area contributed by atoms with Gasteiger partial charge < -0.3 is 20.6 Å². The van der Waals surface area contributed by atoms with Gasteiger partial charge in [-0.05, 0) is 51.9 Å². The smallest absolute Gasteiger partial charge is 0.304 e. The number of hydrogen-bond acceptors (Lipinski definition) is 7. The van der Waals surface area contributed by atoms with E-state index in [9.17, 15) is 9.59 Å². The van der Waals surface area contributed by atoms with Crippen LogP contribution in [-0.4, -0.2) is 64.8 Å². The summed E-state index contributed by atoms with van der Waals surface area (Å²) in [6, 6.07) is 0. The molecule has 0 radical (unpaired) electrons. The third-order valence-electron chi connectivity index (χ3n) is 4.96. The number of amides is 1. The summed E-state index contributed by atoms with van der Waals surface area (Å²) in [7, 11) is 0. The highest BCUT2D eigenvalue weighted by Gasteiger charge is 2.26. The average molecular weight is 367 g/mol. The number of carboxylic acids is 1. The summed E-state index contributed by atoms with van der Waals surface area (Å²) >= 11 is 1.49. The van der Waals surface area contributed by atoms with E-state index in [0.717, 1.165) is 56.9 Å². The van der Waals surface area contributed by atoms with Crippen molar-refractivity contribution >= 4 is 28.3 Å². The van der Waals surface area contributed by atoms with Gasteiger partial charge in [0.15, 0.2) is 0 Å². The normalized spacial score (nSPS) is 20.5. The van der Waals surface area contributed by atoms with E-state index in [4.69, 9.17) is 5.11 Å². The van der Waals surface area contributed by atoms with Crippen LogP contribution in [0.2, 0.25) is 0 Å². The third-order valence-corrected chi connectivity index (χ3v) is 5.96. The van der Waals surface area contributed by atoms with Crippen molar-refractivity contribution < 1.29 is 14.7 Å². The highest BCUT2D eigenvalue weighted by Crippen LogP contribution is 2.30. The second kappa shape index (κ2) is 8.68. The minimum Gasteiger partial charge on any atom is -0.481 e. The molecule has 3 rings (SSSR count). The summed E-state index contributed by atoms with van der Waals surface area (Å²) in [4.78, 5) is 25.2. The van der Waals surface area contributed by atoms with E-state index in [1.807, 2.05) is 0 Å². The molecule has 0 saturated carbocycles. The Labute approximate surface area is 151 Å². The predicted molar refractivity (Wildman–Crippen MR) is 94.8 cm³/mol. The van der Waals surface area contributed by atoms with Crippen molar-refractivity contribution in [2.45, 2.75) is 38.0 Å². The van der Waals surface area contributed by atoms with Crippen molar-refractivity contribution in [3.63, 3.8) is 0 Å². The molecule has 1 amide bonds. The van der Waals surface area contributed by atoms with Crippen LogP contribution in [0, 0.1) is 5.92 Å². The molecule has 0 atom stereocenters. The number of carbonyl (C=O) groups is 2. The zero-order valence-electron chi connectivity index (χ0n) is 14.2. The molecule has 3 N–H and O–H groups in total. The Hall–Kier alpha value is -1.58. The maximum absolute atomic E-state index is 12.4. The van der Waals surface area contributed by atoms with Gasteiger partial charge in [-0.15, -0.1) is 10.2 Å². The van der Waals surface area contributed by atoms with Crippen LogP contribution in [0.25, 0.3) is 0 Å². The lowest BCUT2D eigenvalue weighted by molar-refractivity contribution is -0.137. The van der Waals surface area contributed by atoms with Gasteiger partial charge in [-0.1, -0.05) is 11.3 Å². The van der Waals surface area contributed by atoms with Crippen LogP contribution >= 0.6 is 11.3 Å². The number of nitrogens with one attached hydrogen (secondary N) is 2. The lowest BCUT2D eigenvalue weighted by atomic mass is 9.96. The second-order valence-electron chi connectivity index (χ2n) is 6.72. The molecule has 2 aliphatic heterocycles. The molecule has 0 bridgehead atoms. The quantitative estimate of drug-likeness (QED) is 0.692. The average Bonchev–Trinajstić information content (AvgIpc) is 3.09. The molecule has 1 aromatic heterocycles. The first-order chi connectivity index (χ1) is 12.1. The van der Waals surface area contributed by atoms with Gasteiger partial charge in [0.2, 0.25) is 11.0 Å². The lowest BCUT2D eigenvalue weighted by Gasteiger charge is -2.30. The lowest BCUT2D eigenvalue weighted by Crippen LogP contribution is -2.39. The minimum atomic E-state index is -0.777. The van der Waals surface area contributed by atoms with E-state index in [0.29, 0.717) is 17.6 Å². The maximum Gasteiger partial charge on any atom is 0.304 e. The molecule has 2 saturated heterocycles. The number of likely N-dealkylation sites (tertiary alicyclic amines) is 1. The first kappa shape index (κ1) is 18.2. The maximum atomic E-state index is 12.4. The van der Waals surface area contributed by atoms with Gasteiger partial charge in [0.05, 0.1) is 6.42 Å². The summed E-state index contributed by atoms with van der Waals surface area (Å²) in [5, 5.41) is 25.0. The Morgan fingerprint density at radius 2 is 1.92 bits per heavy atom. The Morgan fingerprint density at radius 3 is 2.60 bits per heavy atom. The zero-order chi connectivity index (χ0) is 17.6. The fourth-order valence-corrected chi connectivity index (χ4v) is 4.31. The monoisotopic (exact) mass is 367 g/mol. The van der Waals surface area contributed by atoms with Crippen molar-refractivity contribution in [3.8, 4) is 0 Å². The number of rotatable bonds is 6. The number of anilines is 1. The van der Waals surface area contributed by atoms with Crippen LogP contribution in [0.1, 0.15) is 43.0 Å². The van der Waals surface area contributed by atoms with E-state index in [-0.39, 0.29) is 18.2 Å². The van der Waals surface area contributed by atoms with Gasteiger partial charge in [0.25, 0.3) is 0 Å². The molecule has 0 aromatic carbocycles. The summed E-state index contributed by atoms with van der Waals surface area (Å²) in [5.41, 5.74) is 0. The SMILES string of the molecule is O=C(O)CCN1CCC(C(=O)Nc2nnc(C3CCNCC3)s2)CC1. The summed E-state index contributed by atoms with van der Waals surface area (Å²) < 4.78 is 0. The van der Waals surface area contributed by atoms with E-state index in [1.165, 1.54) is 11.3 Å². The largest absolute Gasteiger partial charge is 0.481 e. The highest BCUT2D eigenvalue weighted by atomic mass is 32.1. The molecule has 2 aliphatic rings. The second-order valence-corrected chi connectivity index (χ2v) is 7.73. The first-order valence-corrected chi connectivity index (χ1v) is 9.72. The molecule has 0 unspecified atom stereocenters. The Kier molecular flexibility index (Phi) is 6.33. The minimum absolute atomic E-state index is 0.00546. The van der Waals surface area contributed by atoms with E-state index in [2.05, 4.69) is 25.7 Å². The van der Waals surface area contributed by atoms with Gasteiger partial charge in [-0.3, -0.25) is 9.59 Å². The van der Waals surface area contributed by atoms with E-state index >= 15 is 0 Å². The van der Waals surface area contributed by atoms with E-state index < -0.39 is 5.97 Å². The van der Waals surface area contributed by atoms with Crippen LogP contribution in [0.5, 0.6) is 0 Å². The molecule has 2 fully saturated rings. The van der Waals surface area contributed by atoms with Crippen molar-refractivity contribution in [2.24, 2.45) is 5.92 Å². The molecule has 0 aliphatic carbocycles. The van der Waals surface area contributed by atoms with Crippen LogP contribution in [0.3, 0.4) is 0 Å².